The fourth-order valence-electron chi connectivity index (χ4n) is 2.93. The van der Waals surface area contributed by atoms with Crippen molar-refractivity contribution in [2.75, 3.05) is 0 Å². The monoisotopic (exact) mass is 382 g/mol. The van der Waals surface area contributed by atoms with Gasteiger partial charge in [-0.25, -0.2) is 14.4 Å². The van der Waals surface area contributed by atoms with E-state index in [9.17, 15) is 4.39 Å². The second-order valence-corrected chi connectivity index (χ2v) is 6.42. The Morgan fingerprint density at radius 3 is 2.93 bits per heavy atom. The Balaban J connectivity index is 1.46. The minimum atomic E-state index is -0.658. The van der Waals surface area contributed by atoms with E-state index in [-0.39, 0.29) is 11.3 Å². The molecule has 4 aromatic rings. The number of imidazole rings is 1. The summed E-state index contributed by atoms with van der Waals surface area (Å²) in [6, 6.07) is 15.8. The van der Waals surface area contributed by atoms with Crippen LogP contribution in [0.2, 0.25) is 0 Å². The Kier molecular flexibility index (Phi) is 4.91. The van der Waals surface area contributed by atoms with Crippen molar-refractivity contribution in [1.82, 2.24) is 15.0 Å². The molecule has 0 aliphatic carbocycles. The summed E-state index contributed by atoms with van der Waals surface area (Å²) in [5.41, 5.74) is 3.25. The second kappa shape index (κ2) is 7.82. The SMILES string of the molecule is N#Cc1ccc(C(=N)C=Nc2ncc(Cc3ccc4ncccc4c3)[nH]2)cc1F. The molecule has 0 unspecified atom stereocenters. The van der Waals surface area contributed by atoms with E-state index in [0.29, 0.717) is 17.9 Å². The van der Waals surface area contributed by atoms with Crippen LogP contribution in [0.3, 0.4) is 0 Å². The molecule has 2 aromatic carbocycles. The molecule has 0 aliphatic rings. The van der Waals surface area contributed by atoms with Crippen LogP contribution < -0.4 is 0 Å². The van der Waals surface area contributed by atoms with E-state index >= 15 is 0 Å². The zero-order valence-electron chi connectivity index (χ0n) is 15.2. The maximum Gasteiger partial charge on any atom is 0.227 e. The van der Waals surface area contributed by atoms with Crippen molar-refractivity contribution >= 4 is 28.8 Å². The Morgan fingerprint density at radius 1 is 1.21 bits per heavy atom. The number of aromatic amines is 1. The summed E-state index contributed by atoms with van der Waals surface area (Å²) in [6.07, 6.45) is 5.42. The third-order valence-electron chi connectivity index (χ3n) is 4.39. The molecule has 0 fully saturated rings. The van der Waals surface area contributed by atoms with Crippen molar-refractivity contribution in [3.05, 3.63) is 89.1 Å². The number of pyridine rings is 1. The topological polar surface area (TPSA) is 102 Å². The lowest BCUT2D eigenvalue weighted by Gasteiger charge is -2.01. The number of fused-ring (bicyclic) bond motifs is 1. The van der Waals surface area contributed by atoms with Gasteiger partial charge in [0.1, 0.15) is 11.9 Å². The van der Waals surface area contributed by atoms with Gasteiger partial charge in [0.05, 0.1) is 29.2 Å². The van der Waals surface area contributed by atoms with Gasteiger partial charge in [0.15, 0.2) is 0 Å². The van der Waals surface area contributed by atoms with E-state index in [1.54, 1.807) is 18.5 Å². The van der Waals surface area contributed by atoms with Gasteiger partial charge in [0.2, 0.25) is 5.95 Å². The number of nitrogens with zero attached hydrogens (tertiary/aromatic N) is 4. The van der Waals surface area contributed by atoms with E-state index in [2.05, 4.69) is 26.0 Å². The molecular weight excluding hydrogens is 367 g/mol. The van der Waals surface area contributed by atoms with Crippen LogP contribution in [0.4, 0.5) is 10.3 Å². The summed E-state index contributed by atoms with van der Waals surface area (Å²) in [4.78, 5) is 15.8. The Labute approximate surface area is 165 Å². The molecule has 0 atom stereocenters. The number of H-pyrrole nitrogens is 1. The highest BCUT2D eigenvalue weighted by molar-refractivity contribution is 6.37. The lowest BCUT2D eigenvalue weighted by Crippen LogP contribution is -2.01. The molecular formula is C22H15FN6. The number of hydrogen-bond donors (Lipinski definition) is 2. The molecule has 0 saturated heterocycles. The second-order valence-electron chi connectivity index (χ2n) is 6.42. The molecule has 140 valence electrons. The van der Waals surface area contributed by atoms with Crippen molar-refractivity contribution < 1.29 is 4.39 Å². The number of hydrogen-bond acceptors (Lipinski definition) is 5. The van der Waals surface area contributed by atoms with Gasteiger partial charge in [-0.1, -0.05) is 18.2 Å². The third kappa shape index (κ3) is 4.06. The van der Waals surface area contributed by atoms with Gasteiger partial charge >= 0.3 is 0 Å². The lowest BCUT2D eigenvalue weighted by molar-refractivity contribution is 0.623. The predicted molar refractivity (Wildman–Crippen MR) is 109 cm³/mol. The average Bonchev–Trinajstić information content (AvgIpc) is 3.19. The minimum absolute atomic E-state index is 0.0216. The first-order valence-electron chi connectivity index (χ1n) is 8.82. The normalized spacial score (nSPS) is 11.0. The van der Waals surface area contributed by atoms with Crippen LogP contribution >= 0.6 is 0 Å². The zero-order valence-corrected chi connectivity index (χ0v) is 15.2. The molecule has 0 aliphatic heterocycles. The zero-order chi connectivity index (χ0) is 20.2. The van der Waals surface area contributed by atoms with Gasteiger partial charge in [0.25, 0.3) is 0 Å². The van der Waals surface area contributed by atoms with Crippen molar-refractivity contribution in [3.8, 4) is 6.07 Å². The van der Waals surface area contributed by atoms with E-state index in [0.717, 1.165) is 28.2 Å². The van der Waals surface area contributed by atoms with Crippen LogP contribution in [0.15, 0.2) is 65.9 Å². The molecule has 0 amide bonds. The Morgan fingerprint density at radius 2 is 2.10 bits per heavy atom. The fourth-order valence-corrected chi connectivity index (χ4v) is 2.93. The highest BCUT2D eigenvalue weighted by Gasteiger charge is 2.06. The standard InChI is InChI=1S/C22H15FN6/c23-19-10-15(4-5-17(19)11-24)20(25)13-28-22-27-12-18(29-22)9-14-3-6-21-16(8-14)2-1-7-26-21/h1-8,10,12-13,25H,9H2,(H,27,29). The Hall–Kier alpha value is -4.18. The summed E-state index contributed by atoms with van der Waals surface area (Å²) in [7, 11) is 0. The van der Waals surface area contributed by atoms with Gasteiger partial charge in [0, 0.05) is 29.3 Å². The summed E-state index contributed by atoms with van der Waals surface area (Å²) in [5, 5.41) is 17.9. The molecule has 0 radical (unpaired) electrons. The summed E-state index contributed by atoms with van der Waals surface area (Å²) < 4.78 is 13.7. The molecule has 0 saturated carbocycles. The van der Waals surface area contributed by atoms with E-state index in [1.807, 2.05) is 24.3 Å². The van der Waals surface area contributed by atoms with Crippen molar-refractivity contribution in [2.45, 2.75) is 6.42 Å². The average molecular weight is 382 g/mol. The van der Waals surface area contributed by atoms with Gasteiger partial charge in [-0.2, -0.15) is 5.26 Å². The van der Waals surface area contributed by atoms with Crippen molar-refractivity contribution in [3.63, 3.8) is 0 Å². The van der Waals surface area contributed by atoms with Crippen molar-refractivity contribution in [2.24, 2.45) is 4.99 Å². The molecule has 29 heavy (non-hydrogen) atoms. The maximum absolute atomic E-state index is 13.7. The first kappa shape index (κ1) is 18.2. The van der Waals surface area contributed by atoms with E-state index < -0.39 is 5.82 Å². The number of halogens is 1. The first-order chi connectivity index (χ1) is 14.1. The largest absolute Gasteiger partial charge is 0.326 e. The quantitative estimate of drug-likeness (QED) is 0.502. The van der Waals surface area contributed by atoms with Crippen LogP contribution in [-0.4, -0.2) is 26.9 Å². The summed E-state index contributed by atoms with van der Waals surface area (Å²) >= 11 is 0. The minimum Gasteiger partial charge on any atom is -0.326 e. The predicted octanol–water partition coefficient (Wildman–Crippen LogP) is 4.33. The van der Waals surface area contributed by atoms with E-state index in [1.165, 1.54) is 18.3 Å². The first-order valence-corrected chi connectivity index (χ1v) is 8.82. The molecule has 2 N–H and O–H groups in total. The lowest BCUT2D eigenvalue weighted by atomic mass is 10.1. The van der Waals surface area contributed by atoms with Crippen LogP contribution in [0.5, 0.6) is 0 Å². The van der Waals surface area contributed by atoms with Crippen molar-refractivity contribution in [1.29, 1.82) is 10.7 Å². The van der Waals surface area contributed by atoms with Gasteiger partial charge in [-0.3, -0.25) is 10.4 Å². The van der Waals surface area contributed by atoms with Gasteiger partial charge < -0.3 is 4.98 Å². The van der Waals surface area contributed by atoms with E-state index in [4.69, 9.17) is 10.7 Å². The number of aliphatic imine (C=N–C) groups is 1. The molecule has 6 nitrogen and oxygen atoms in total. The fraction of sp³-hybridized carbons (Fsp3) is 0.0455. The van der Waals surface area contributed by atoms with Crippen LogP contribution in [0, 0.1) is 22.6 Å². The molecule has 0 spiro atoms. The number of benzene rings is 2. The smallest absolute Gasteiger partial charge is 0.227 e. The van der Waals surface area contributed by atoms with Gasteiger partial charge in [-0.15, -0.1) is 0 Å². The van der Waals surface area contributed by atoms with Crippen LogP contribution in [-0.2, 0) is 6.42 Å². The number of rotatable bonds is 5. The summed E-state index contributed by atoms with van der Waals surface area (Å²) in [5.74, 6) is -0.296. The molecule has 4 rings (SSSR count). The molecule has 2 aromatic heterocycles. The highest BCUT2D eigenvalue weighted by atomic mass is 19.1. The number of nitriles is 1. The summed E-state index contributed by atoms with van der Waals surface area (Å²) in [6.45, 7) is 0. The number of nitrogens with one attached hydrogen (secondary N) is 2. The van der Waals surface area contributed by atoms with Crippen LogP contribution in [0.1, 0.15) is 22.4 Å². The molecule has 7 heteroatoms. The van der Waals surface area contributed by atoms with Crippen LogP contribution in [0.25, 0.3) is 10.9 Å². The highest BCUT2D eigenvalue weighted by Crippen LogP contribution is 2.17. The van der Waals surface area contributed by atoms with Gasteiger partial charge in [-0.05, 0) is 35.9 Å². The Bertz CT molecular complexity index is 1280. The molecule has 0 bridgehead atoms. The maximum atomic E-state index is 13.7. The number of aromatic nitrogens is 3. The third-order valence-corrected chi connectivity index (χ3v) is 4.39. The molecule has 2 heterocycles.